The molecule has 0 N–H and O–H groups in total. The standard InChI is InChI=1S/C31H25N5O3/c1-18-5-9-21(10-6-18)25-17-26(22-11-7-19(2)8-12-22)32-28-27(25)30(38)35-29(20(3)37)34-36(31(35)33-28)23-13-15-24(39-4)16-14-23/h5-17H,1-4H3. The molecule has 0 aliphatic carbocycles. The van der Waals surface area contributed by atoms with Gasteiger partial charge in [-0.3, -0.25) is 9.59 Å². The van der Waals surface area contributed by atoms with Crippen LogP contribution < -0.4 is 10.3 Å². The number of rotatable bonds is 5. The van der Waals surface area contributed by atoms with Gasteiger partial charge in [0, 0.05) is 18.1 Å². The van der Waals surface area contributed by atoms with Gasteiger partial charge in [0.25, 0.3) is 5.56 Å². The Kier molecular flexibility index (Phi) is 5.80. The van der Waals surface area contributed by atoms with Crippen LogP contribution in [0.1, 0.15) is 28.7 Å². The van der Waals surface area contributed by atoms with Gasteiger partial charge in [0.05, 0.1) is 23.9 Å². The molecule has 39 heavy (non-hydrogen) atoms. The Labute approximate surface area is 224 Å². The van der Waals surface area contributed by atoms with Crippen LogP contribution in [0.15, 0.2) is 83.7 Å². The average Bonchev–Trinajstić information content (AvgIpc) is 3.33. The quantitative estimate of drug-likeness (QED) is 0.278. The van der Waals surface area contributed by atoms with E-state index >= 15 is 0 Å². The maximum absolute atomic E-state index is 14.2. The Morgan fingerprint density at radius 2 is 1.44 bits per heavy atom. The number of ketones is 1. The van der Waals surface area contributed by atoms with Crippen LogP contribution in [-0.4, -0.2) is 37.0 Å². The number of hydrogen-bond acceptors (Lipinski definition) is 6. The number of methoxy groups -OCH3 is 1. The van der Waals surface area contributed by atoms with Gasteiger partial charge in [0.15, 0.2) is 11.4 Å². The minimum atomic E-state index is -0.404. The lowest BCUT2D eigenvalue weighted by Crippen LogP contribution is -2.20. The fraction of sp³-hybridized carbons (Fsp3) is 0.129. The monoisotopic (exact) mass is 515 g/mol. The molecular formula is C31H25N5O3. The summed E-state index contributed by atoms with van der Waals surface area (Å²) >= 11 is 0. The van der Waals surface area contributed by atoms with Crippen molar-refractivity contribution < 1.29 is 9.53 Å². The van der Waals surface area contributed by atoms with Crippen LogP contribution >= 0.6 is 0 Å². The number of carbonyl (C=O) groups is 1. The first-order chi connectivity index (χ1) is 18.8. The predicted octanol–water partition coefficient (Wildman–Crippen LogP) is 5.59. The lowest BCUT2D eigenvalue weighted by molar-refractivity contribution is 0.100. The molecule has 8 nitrogen and oxygen atoms in total. The van der Waals surface area contributed by atoms with E-state index in [1.54, 1.807) is 31.4 Å². The molecule has 8 heteroatoms. The molecule has 6 rings (SSSR count). The van der Waals surface area contributed by atoms with Crippen molar-refractivity contribution in [3.8, 4) is 33.8 Å². The summed E-state index contributed by atoms with van der Waals surface area (Å²) in [5, 5.41) is 4.82. The van der Waals surface area contributed by atoms with Gasteiger partial charge < -0.3 is 4.74 Å². The van der Waals surface area contributed by atoms with Gasteiger partial charge >= 0.3 is 0 Å². The van der Waals surface area contributed by atoms with E-state index in [4.69, 9.17) is 14.7 Å². The van der Waals surface area contributed by atoms with E-state index in [1.807, 2.05) is 68.4 Å². The molecule has 0 spiro atoms. The number of aromatic nitrogens is 5. The second kappa shape index (κ2) is 9.33. The number of pyridine rings is 1. The molecule has 0 bridgehead atoms. The molecule has 0 unspecified atom stereocenters. The SMILES string of the molecule is COc1ccc(-n2nc(C(C)=O)n3c(=O)c4c(-c5ccc(C)cc5)cc(-c5ccc(C)cc5)nc4nc23)cc1. The van der Waals surface area contributed by atoms with Crippen LogP contribution in [0.25, 0.3) is 44.9 Å². The van der Waals surface area contributed by atoms with Gasteiger partial charge in [-0.25, -0.2) is 9.38 Å². The molecule has 3 aromatic heterocycles. The fourth-order valence-electron chi connectivity index (χ4n) is 4.65. The normalized spacial score (nSPS) is 11.3. The summed E-state index contributed by atoms with van der Waals surface area (Å²) in [6, 6.07) is 25.1. The molecule has 0 atom stereocenters. The first-order valence-corrected chi connectivity index (χ1v) is 12.5. The summed E-state index contributed by atoms with van der Waals surface area (Å²) in [5.74, 6) is 0.519. The maximum Gasteiger partial charge on any atom is 0.271 e. The van der Waals surface area contributed by atoms with Crippen molar-refractivity contribution in [2.24, 2.45) is 0 Å². The summed E-state index contributed by atoms with van der Waals surface area (Å²) in [4.78, 5) is 36.5. The van der Waals surface area contributed by atoms with E-state index in [0.717, 1.165) is 22.3 Å². The smallest absolute Gasteiger partial charge is 0.271 e. The third kappa shape index (κ3) is 4.16. The Morgan fingerprint density at radius 1 is 0.821 bits per heavy atom. The highest BCUT2D eigenvalue weighted by atomic mass is 16.5. The molecule has 0 aliphatic heterocycles. The van der Waals surface area contributed by atoms with E-state index in [1.165, 1.54) is 16.0 Å². The second-order valence-electron chi connectivity index (χ2n) is 9.53. The van der Waals surface area contributed by atoms with Crippen molar-refractivity contribution in [3.63, 3.8) is 0 Å². The predicted molar refractivity (Wildman–Crippen MR) is 151 cm³/mol. The summed E-state index contributed by atoms with van der Waals surface area (Å²) in [6.07, 6.45) is 0. The largest absolute Gasteiger partial charge is 0.497 e. The number of carbonyl (C=O) groups excluding carboxylic acids is 1. The number of ether oxygens (including phenoxy) is 1. The van der Waals surface area contributed by atoms with Gasteiger partial charge in [-0.15, -0.1) is 5.10 Å². The summed E-state index contributed by atoms with van der Waals surface area (Å²) in [6.45, 7) is 5.43. The Hall–Kier alpha value is -5.11. The van der Waals surface area contributed by atoms with Gasteiger partial charge in [0.2, 0.25) is 11.6 Å². The lowest BCUT2D eigenvalue weighted by Gasteiger charge is -2.11. The zero-order valence-electron chi connectivity index (χ0n) is 22.0. The summed E-state index contributed by atoms with van der Waals surface area (Å²) < 4.78 is 8.04. The highest BCUT2D eigenvalue weighted by Gasteiger charge is 2.23. The van der Waals surface area contributed by atoms with Crippen molar-refractivity contribution in [1.29, 1.82) is 0 Å². The third-order valence-electron chi connectivity index (χ3n) is 6.76. The Balaban J connectivity index is 1.72. The van der Waals surface area contributed by atoms with Gasteiger partial charge in [-0.1, -0.05) is 59.7 Å². The molecule has 192 valence electrons. The number of aryl methyl sites for hydroxylation is 2. The van der Waals surface area contributed by atoms with Crippen molar-refractivity contribution in [2.75, 3.05) is 7.11 Å². The zero-order chi connectivity index (χ0) is 27.3. The third-order valence-corrected chi connectivity index (χ3v) is 6.76. The van der Waals surface area contributed by atoms with Crippen LogP contribution in [0.4, 0.5) is 0 Å². The molecular weight excluding hydrogens is 490 g/mol. The first kappa shape index (κ1) is 24.2. The fourth-order valence-corrected chi connectivity index (χ4v) is 4.65. The highest BCUT2D eigenvalue weighted by molar-refractivity contribution is 5.96. The van der Waals surface area contributed by atoms with Crippen LogP contribution in [0.5, 0.6) is 5.75 Å². The minimum absolute atomic E-state index is 0.00214. The van der Waals surface area contributed by atoms with E-state index in [9.17, 15) is 9.59 Å². The number of hydrogen-bond donors (Lipinski definition) is 0. The van der Waals surface area contributed by atoms with E-state index in [-0.39, 0.29) is 23.0 Å². The molecule has 0 fully saturated rings. The number of nitrogens with zero attached hydrogens (tertiary/aromatic N) is 5. The molecule has 3 heterocycles. The minimum Gasteiger partial charge on any atom is -0.497 e. The van der Waals surface area contributed by atoms with Crippen molar-refractivity contribution in [1.82, 2.24) is 24.1 Å². The van der Waals surface area contributed by atoms with Gasteiger partial charge in [-0.05, 0) is 49.7 Å². The van der Waals surface area contributed by atoms with Crippen LogP contribution in [0.2, 0.25) is 0 Å². The zero-order valence-corrected chi connectivity index (χ0v) is 22.0. The van der Waals surface area contributed by atoms with Crippen LogP contribution in [0.3, 0.4) is 0 Å². The molecule has 0 radical (unpaired) electrons. The maximum atomic E-state index is 14.2. The Morgan fingerprint density at radius 3 is 2.03 bits per heavy atom. The Bertz CT molecular complexity index is 1940. The number of benzene rings is 3. The van der Waals surface area contributed by atoms with E-state index < -0.39 is 5.56 Å². The molecule has 0 amide bonds. The molecule has 0 saturated heterocycles. The van der Waals surface area contributed by atoms with Crippen molar-refractivity contribution in [3.05, 3.63) is 106 Å². The highest BCUT2D eigenvalue weighted by Crippen LogP contribution is 2.31. The van der Waals surface area contributed by atoms with Crippen molar-refractivity contribution >= 4 is 22.6 Å². The molecule has 0 saturated carbocycles. The van der Waals surface area contributed by atoms with Gasteiger partial charge in [-0.2, -0.15) is 9.67 Å². The number of Topliss-reactive ketones (excluding diaryl/α,β-unsaturated/α-hetero) is 1. The van der Waals surface area contributed by atoms with Crippen LogP contribution in [-0.2, 0) is 0 Å². The summed E-state index contributed by atoms with van der Waals surface area (Å²) in [7, 11) is 1.59. The summed E-state index contributed by atoms with van der Waals surface area (Å²) in [5.41, 5.74) is 5.88. The number of fused-ring (bicyclic) bond motifs is 2. The molecule has 3 aromatic carbocycles. The van der Waals surface area contributed by atoms with Crippen molar-refractivity contribution in [2.45, 2.75) is 20.8 Å². The van der Waals surface area contributed by atoms with Crippen LogP contribution in [0, 0.1) is 13.8 Å². The molecule has 6 aromatic rings. The lowest BCUT2D eigenvalue weighted by atomic mass is 9.99. The van der Waals surface area contributed by atoms with E-state index in [0.29, 0.717) is 28.1 Å². The topological polar surface area (TPSA) is 91.4 Å². The average molecular weight is 516 g/mol. The molecule has 0 aliphatic rings. The second-order valence-corrected chi connectivity index (χ2v) is 9.53. The van der Waals surface area contributed by atoms with E-state index in [2.05, 4.69) is 5.10 Å². The van der Waals surface area contributed by atoms with Gasteiger partial charge in [0.1, 0.15) is 5.75 Å². The first-order valence-electron chi connectivity index (χ1n) is 12.5.